The van der Waals surface area contributed by atoms with Crippen LogP contribution < -0.4 is 15.8 Å². The summed E-state index contributed by atoms with van der Waals surface area (Å²) in [5.41, 5.74) is 8.81. The number of nitrogens with one attached hydrogen (secondary N) is 1. The molecule has 6 rings (SSSR count). The van der Waals surface area contributed by atoms with E-state index < -0.39 is 5.82 Å². The molecule has 3 N–H and O–H groups in total. The number of carbonyl (C=O) groups is 1. The van der Waals surface area contributed by atoms with Gasteiger partial charge < -0.3 is 20.7 Å². The molecule has 2 atom stereocenters. The smallest absolute Gasteiger partial charge is 0.285 e. The average Bonchev–Trinajstić information content (AvgIpc) is 3.57. The molecular formula is C27H22ClFN4O3S. The van der Waals surface area contributed by atoms with E-state index in [4.69, 9.17) is 15.7 Å². The molecule has 10 heteroatoms. The summed E-state index contributed by atoms with van der Waals surface area (Å²) >= 11 is 1.35. The van der Waals surface area contributed by atoms with Crippen molar-refractivity contribution in [2.75, 3.05) is 5.32 Å². The van der Waals surface area contributed by atoms with Crippen LogP contribution in [0, 0.1) is 17.1 Å². The van der Waals surface area contributed by atoms with Crippen LogP contribution in [0.1, 0.15) is 40.9 Å². The summed E-state index contributed by atoms with van der Waals surface area (Å²) < 4.78 is 20.0. The van der Waals surface area contributed by atoms with Gasteiger partial charge >= 0.3 is 0 Å². The van der Waals surface area contributed by atoms with Crippen molar-refractivity contribution in [2.24, 2.45) is 5.73 Å². The number of nitriles is 1. The summed E-state index contributed by atoms with van der Waals surface area (Å²) in [5, 5.41) is 12.0. The normalized spacial score (nSPS) is 21.3. The van der Waals surface area contributed by atoms with Gasteiger partial charge in [0.2, 0.25) is 0 Å². The molecule has 3 aliphatic rings. The van der Waals surface area contributed by atoms with Gasteiger partial charge in [0.1, 0.15) is 11.9 Å². The quantitative estimate of drug-likeness (QED) is 0.452. The molecule has 2 unspecified atom stereocenters. The molecule has 0 spiro atoms. The van der Waals surface area contributed by atoms with E-state index in [2.05, 4.69) is 5.32 Å². The van der Waals surface area contributed by atoms with E-state index in [-0.39, 0.29) is 47.9 Å². The third-order valence-electron chi connectivity index (χ3n) is 7.14. The van der Waals surface area contributed by atoms with Crippen LogP contribution in [0.2, 0.25) is 0 Å². The number of thiophene rings is 1. The minimum atomic E-state index is -0.618. The van der Waals surface area contributed by atoms with E-state index in [1.54, 1.807) is 18.1 Å². The fourth-order valence-electron chi connectivity index (χ4n) is 5.54. The Kier molecular flexibility index (Phi) is 6.52. The first-order chi connectivity index (χ1) is 17.4. The molecule has 7 nitrogen and oxygen atoms in total. The van der Waals surface area contributed by atoms with Gasteiger partial charge in [0.25, 0.3) is 11.8 Å². The first kappa shape index (κ1) is 25.0. The van der Waals surface area contributed by atoms with Gasteiger partial charge in [0, 0.05) is 28.6 Å². The Balaban J connectivity index is 0.00000280. The summed E-state index contributed by atoms with van der Waals surface area (Å²) in [6, 6.07) is 13.9. The summed E-state index contributed by atoms with van der Waals surface area (Å²) in [6.45, 7) is 0. The molecule has 1 aromatic heterocycles. The van der Waals surface area contributed by atoms with E-state index in [1.165, 1.54) is 23.5 Å². The second-order valence-electron chi connectivity index (χ2n) is 9.36. The molecule has 3 aromatic rings. The number of rotatable bonds is 3. The van der Waals surface area contributed by atoms with Gasteiger partial charge in [0.05, 0.1) is 16.1 Å². The lowest BCUT2D eigenvalue weighted by molar-refractivity contribution is 0.0580. The van der Waals surface area contributed by atoms with Crippen molar-refractivity contribution >= 4 is 41.3 Å². The van der Waals surface area contributed by atoms with Gasteiger partial charge in [-0.2, -0.15) is 5.26 Å². The largest absolute Gasteiger partial charge is 0.430 e. The van der Waals surface area contributed by atoms with E-state index in [0.717, 1.165) is 36.1 Å². The second kappa shape index (κ2) is 9.66. The highest BCUT2D eigenvalue weighted by Crippen LogP contribution is 2.45. The number of ether oxygens (including phenoxy) is 1. The standard InChI is InChI=1S/C27H21FN4O3S.ClH/c28-21-7-14(1-2-16(21)12-29)20-11-24(27(34)32-18-4-5-19(32)10-17(30)9-18)36-26(20)15-3-6-23-22(8-15)31-25(13-33)35-23;/h1-3,6-8,11,17-19,31H,4-5,9-10,30H2;1H. The maximum absolute atomic E-state index is 14.6. The molecule has 188 valence electrons. The molecule has 1 amide bonds. The van der Waals surface area contributed by atoms with Gasteiger partial charge in [-0.05, 0) is 73.2 Å². The molecule has 4 heterocycles. The van der Waals surface area contributed by atoms with E-state index >= 15 is 0 Å². The number of hydrogen-bond donors (Lipinski definition) is 2. The van der Waals surface area contributed by atoms with E-state index in [0.29, 0.717) is 27.4 Å². The van der Waals surface area contributed by atoms with Crippen LogP contribution in [0.4, 0.5) is 10.1 Å². The highest BCUT2D eigenvalue weighted by Gasteiger charge is 2.43. The topological polar surface area (TPSA) is 108 Å². The zero-order valence-corrected chi connectivity index (χ0v) is 21.1. The second-order valence-corrected chi connectivity index (χ2v) is 10.4. The van der Waals surface area contributed by atoms with Crippen molar-refractivity contribution in [3.8, 4) is 33.4 Å². The van der Waals surface area contributed by atoms with Crippen LogP contribution in [0.15, 0.2) is 48.3 Å². The Labute approximate surface area is 222 Å². The summed E-state index contributed by atoms with van der Waals surface area (Å²) in [7, 11) is 0. The Morgan fingerprint density at radius 3 is 2.54 bits per heavy atom. The molecule has 0 radical (unpaired) electrons. The van der Waals surface area contributed by atoms with Gasteiger partial charge in [-0.3, -0.25) is 4.79 Å². The van der Waals surface area contributed by atoms with Crippen LogP contribution in [-0.2, 0) is 4.79 Å². The van der Waals surface area contributed by atoms with Crippen molar-refractivity contribution < 1.29 is 18.7 Å². The fourth-order valence-corrected chi connectivity index (χ4v) is 6.66. The Hall–Kier alpha value is -3.67. The SMILES string of the molecule is Cl.N#Cc1ccc(-c2cc(C(=O)N3C4CCC3CC(N)C4)sc2-c2ccc3c(c2)NC(=C=O)O3)cc1F. The van der Waals surface area contributed by atoms with Gasteiger partial charge in [0.15, 0.2) is 11.7 Å². The van der Waals surface area contributed by atoms with Gasteiger partial charge in [-0.15, -0.1) is 23.7 Å². The molecular weight excluding hydrogens is 515 g/mol. The summed E-state index contributed by atoms with van der Waals surface area (Å²) in [5.74, 6) is 1.54. The number of amides is 1. The molecule has 37 heavy (non-hydrogen) atoms. The minimum Gasteiger partial charge on any atom is -0.430 e. The molecule has 2 bridgehead atoms. The average molecular weight is 537 g/mol. The van der Waals surface area contributed by atoms with Crippen LogP contribution in [0.5, 0.6) is 5.75 Å². The number of piperidine rings is 1. The predicted molar refractivity (Wildman–Crippen MR) is 141 cm³/mol. The minimum absolute atomic E-state index is 0. The molecule has 0 aliphatic carbocycles. The Morgan fingerprint density at radius 2 is 1.86 bits per heavy atom. The van der Waals surface area contributed by atoms with Crippen LogP contribution in [0.3, 0.4) is 0 Å². The van der Waals surface area contributed by atoms with Crippen molar-refractivity contribution in [1.29, 1.82) is 5.26 Å². The van der Waals surface area contributed by atoms with Crippen molar-refractivity contribution in [1.82, 2.24) is 4.90 Å². The highest BCUT2D eigenvalue weighted by atomic mass is 35.5. The zero-order valence-electron chi connectivity index (χ0n) is 19.5. The maximum atomic E-state index is 14.6. The lowest BCUT2D eigenvalue weighted by Gasteiger charge is -2.37. The van der Waals surface area contributed by atoms with Crippen molar-refractivity contribution in [3.63, 3.8) is 0 Å². The van der Waals surface area contributed by atoms with E-state index in [1.807, 2.05) is 29.2 Å². The molecule has 3 aliphatic heterocycles. The number of hydrogen-bond acceptors (Lipinski definition) is 7. The number of nitrogens with two attached hydrogens (primary N) is 1. The number of anilines is 1. The number of halogens is 2. The first-order valence-corrected chi connectivity index (χ1v) is 12.5. The number of nitrogens with zero attached hydrogens (tertiary/aromatic N) is 2. The zero-order chi connectivity index (χ0) is 25.0. The third-order valence-corrected chi connectivity index (χ3v) is 8.31. The Morgan fingerprint density at radius 1 is 1.14 bits per heavy atom. The highest BCUT2D eigenvalue weighted by molar-refractivity contribution is 7.18. The van der Waals surface area contributed by atoms with Crippen LogP contribution in [-0.4, -0.2) is 34.9 Å². The predicted octanol–water partition coefficient (Wildman–Crippen LogP) is 5.09. The van der Waals surface area contributed by atoms with Gasteiger partial charge in [-0.25, -0.2) is 9.18 Å². The first-order valence-electron chi connectivity index (χ1n) is 11.7. The third kappa shape index (κ3) is 4.28. The lowest BCUT2D eigenvalue weighted by atomic mass is 9.97. The molecule has 0 saturated carbocycles. The van der Waals surface area contributed by atoms with Crippen molar-refractivity contribution in [2.45, 2.75) is 43.8 Å². The fraction of sp³-hybridized carbons (Fsp3) is 0.259. The van der Waals surface area contributed by atoms with E-state index in [9.17, 15) is 14.0 Å². The van der Waals surface area contributed by atoms with Gasteiger partial charge in [-0.1, -0.05) is 6.07 Å². The molecule has 2 aromatic carbocycles. The maximum Gasteiger partial charge on any atom is 0.285 e. The molecule has 2 fully saturated rings. The number of benzene rings is 2. The Bertz CT molecular complexity index is 1500. The monoisotopic (exact) mass is 536 g/mol. The van der Waals surface area contributed by atoms with Crippen LogP contribution >= 0.6 is 23.7 Å². The summed E-state index contributed by atoms with van der Waals surface area (Å²) in [4.78, 5) is 28.1. The van der Waals surface area contributed by atoms with Crippen LogP contribution in [0.25, 0.3) is 21.6 Å². The number of fused-ring (bicyclic) bond motifs is 3. The lowest BCUT2D eigenvalue weighted by Crippen LogP contribution is -2.49. The summed E-state index contributed by atoms with van der Waals surface area (Å²) in [6.07, 6.45) is 3.52. The van der Waals surface area contributed by atoms with Crippen molar-refractivity contribution in [3.05, 3.63) is 64.6 Å². The molecule has 2 saturated heterocycles. The number of carbonyl (C=O) groups excluding carboxylic acids is 2.